The monoisotopic (exact) mass is 441 g/mol. The second-order valence-corrected chi connectivity index (χ2v) is 10.4. The summed E-state index contributed by atoms with van der Waals surface area (Å²) in [5.41, 5.74) is 2.71. The average molecular weight is 442 g/mol. The summed E-state index contributed by atoms with van der Waals surface area (Å²) in [6, 6.07) is 17.3. The molecule has 5 rings (SSSR count). The topological polar surface area (TPSA) is 55.2 Å². The highest BCUT2D eigenvalue weighted by Gasteiger charge is 2.39. The van der Waals surface area contributed by atoms with Crippen LogP contribution in [-0.4, -0.2) is 28.8 Å². The van der Waals surface area contributed by atoms with Crippen LogP contribution in [0.15, 0.2) is 70.3 Å². The van der Waals surface area contributed by atoms with Gasteiger partial charge in [0.15, 0.2) is 0 Å². The molecule has 0 saturated carbocycles. The van der Waals surface area contributed by atoms with E-state index in [9.17, 15) is 12.8 Å². The number of hydrogen-bond donors (Lipinski definition) is 0. The van der Waals surface area contributed by atoms with E-state index < -0.39 is 10.0 Å². The van der Waals surface area contributed by atoms with Gasteiger partial charge in [-0.05, 0) is 54.1 Å². The van der Waals surface area contributed by atoms with Gasteiger partial charge in [0.25, 0.3) is 10.0 Å². The van der Waals surface area contributed by atoms with Crippen molar-refractivity contribution in [3.63, 3.8) is 0 Å². The van der Waals surface area contributed by atoms with Crippen LogP contribution >= 0.6 is 11.3 Å². The lowest BCUT2D eigenvalue weighted by Crippen LogP contribution is -2.31. The lowest BCUT2D eigenvalue weighted by atomic mass is 10.2. The maximum absolute atomic E-state index is 13.4. The van der Waals surface area contributed by atoms with Crippen LogP contribution in [0.1, 0.15) is 30.3 Å². The predicted octanol–water partition coefficient (Wildman–Crippen LogP) is 4.81. The molecule has 4 aromatic rings. The molecule has 8 heteroatoms. The maximum atomic E-state index is 13.4. The first-order valence-electron chi connectivity index (χ1n) is 9.79. The summed E-state index contributed by atoms with van der Waals surface area (Å²) in [7, 11) is -3.58. The van der Waals surface area contributed by atoms with Crippen LogP contribution < -0.4 is 0 Å². The van der Waals surface area contributed by atoms with E-state index in [0.29, 0.717) is 17.3 Å². The number of aromatic nitrogens is 2. The molecule has 3 heterocycles. The van der Waals surface area contributed by atoms with Crippen LogP contribution in [0.4, 0.5) is 4.39 Å². The molecule has 0 spiro atoms. The largest absolute Gasteiger partial charge is 0.322 e. The van der Waals surface area contributed by atoms with E-state index in [0.717, 1.165) is 35.3 Å². The Kier molecular flexibility index (Phi) is 4.92. The average Bonchev–Trinajstić information content (AvgIpc) is 3.50. The minimum absolute atomic E-state index is 0.279. The summed E-state index contributed by atoms with van der Waals surface area (Å²) in [5, 5.41) is 1.78. The van der Waals surface area contributed by atoms with Gasteiger partial charge in [-0.25, -0.2) is 17.8 Å². The van der Waals surface area contributed by atoms with Gasteiger partial charge in [0, 0.05) is 13.1 Å². The van der Waals surface area contributed by atoms with E-state index in [1.807, 2.05) is 24.3 Å². The summed E-state index contributed by atoms with van der Waals surface area (Å²) in [6.45, 7) is 0.976. The number of hydrogen-bond acceptors (Lipinski definition) is 4. The summed E-state index contributed by atoms with van der Waals surface area (Å²) in [4.78, 5) is 4.84. The minimum atomic E-state index is -3.58. The highest BCUT2D eigenvalue weighted by Crippen LogP contribution is 2.38. The third-order valence-electron chi connectivity index (χ3n) is 5.50. The minimum Gasteiger partial charge on any atom is -0.322 e. The molecule has 0 aliphatic carbocycles. The Morgan fingerprint density at radius 2 is 1.87 bits per heavy atom. The van der Waals surface area contributed by atoms with Gasteiger partial charge >= 0.3 is 0 Å². The molecule has 0 radical (unpaired) electrons. The molecule has 2 aromatic heterocycles. The molecule has 0 amide bonds. The number of imidazole rings is 1. The number of sulfonamides is 1. The zero-order chi connectivity index (χ0) is 20.7. The Hall–Kier alpha value is -2.55. The first-order chi connectivity index (χ1) is 14.5. The number of para-hydroxylation sites is 2. The van der Waals surface area contributed by atoms with Gasteiger partial charge in [-0.15, -0.1) is 11.3 Å². The molecule has 1 unspecified atom stereocenters. The summed E-state index contributed by atoms with van der Waals surface area (Å²) < 4.78 is 43.9. The van der Waals surface area contributed by atoms with Crippen molar-refractivity contribution in [2.45, 2.75) is 29.6 Å². The molecule has 0 N–H and O–H groups in total. The SMILES string of the molecule is O=S(=O)(c1cccs1)N1CCCC1c1nc2ccccc2n1Cc1ccc(F)cc1. The molecule has 1 aliphatic heterocycles. The molecule has 1 aliphatic rings. The van der Waals surface area contributed by atoms with Crippen molar-refractivity contribution in [3.8, 4) is 0 Å². The third kappa shape index (κ3) is 3.34. The molecular formula is C22H20FN3O2S2. The number of rotatable bonds is 5. The Balaban J connectivity index is 1.60. The van der Waals surface area contributed by atoms with Crippen LogP contribution in [0.3, 0.4) is 0 Å². The van der Waals surface area contributed by atoms with Crippen LogP contribution in [0, 0.1) is 5.82 Å². The normalized spacial score (nSPS) is 17.7. The Morgan fingerprint density at radius 1 is 1.07 bits per heavy atom. The fourth-order valence-corrected chi connectivity index (χ4v) is 6.87. The fraction of sp³-hybridized carbons (Fsp3) is 0.227. The molecule has 1 fully saturated rings. The first kappa shape index (κ1) is 19.4. The van der Waals surface area contributed by atoms with Crippen molar-refractivity contribution in [3.05, 3.63) is 83.2 Å². The zero-order valence-corrected chi connectivity index (χ0v) is 17.7. The van der Waals surface area contributed by atoms with Crippen LogP contribution in [0.2, 0.25) is 0 Å². The highest BCUT2D eigenvalue weighted by molar-refractivity contribution is 7.91. The number of fused-ring (bicyclic) bond motifs is 1. The van der Waals surface area contributed by atoms with Crippen molar-refractivity contribution >= 4 is 32.4 Å². The molecular weight excluding hydrogens is 421 g/mol. The van der Waals surface area contributed by atoms with Crippen molar-refractivity contribution in [2.75, 3.05) is 6.54 Å². The molecule has 1 saturated heterocycles. The summed E-state index contributed by atoms with van der Waals surface area (Å²) in [6.07, 6.45) is 1.51. The smallest absolute Gasteiger partial charge is 0.253 e. The van der Waals surface area contributed by atoms with Crippen molar-refractivity contribution in [1.82, 2.24) is 13.9 Å². The lowest BCUT2D eigenvalue weighted by molar-refractivity contribution is 0.377. The summed E-state index contributed by atoms with van der Waals surface area (Å²) in [5.74, 6) is 0.455. The van der Waals surface area contributed by atoms with Gasteiger partial charge in [-0.1, -0.05) is 30.3 Å². The predicted molar refractivity (Wildman–Crippen MR) is 115 cm³/mol. The fourth-order valence-electron chi connectivity index (χ4n) is 4.10. The number of halogens is 1. The van der Waals surface area contributed by atoms with E-state index in [-0.39, 0.29) is 11.9 Å². The van der Waals surface area contributed by atoms with Gasteiger partial charge < -0.3 is 4.57 Å². The highest BCUT2D eigenvalue weighted by atomic mass is 32.2. The van der Waals surface area contributed by atoms with Crippen LogP contribution in [0.25, 0.3) is 11.0 Å². The third-order valence-corrected chi connectivity index (χ3v) is 8.78. The van der Waals surface area contributed by atoms with Gasteiger partial charge in [0.05, 0.1) is 17.1 Å². The Morgan fingerprint density at radius 3 is 2.63 bits per heavy atom. The Bertz CT molecular complexity index is 1280. The molecule has 1 atom stereocenters. The molecule has 2 aromatic carbocycles. The van der Waals surface area contributed by atoms with Gasteiger partial charge in [0.1, 0.15) is 15.9 Å². The molecule has 154 valence electrons. The Labute approximate surface area is 178 Å². The van der Waals surface area contributed by atoms with Gasteiger partial charge in [-0.2, -0.15) is 4.31 Å². The number of nitrogens with zero attached hydrogens (tertiary/aromatic N) is 3. The molecule has 0 bridgehead atoms. The van der Waals surface area contributed by atoms with E-state index in [4.69, 9.17) is 4.98 Å². The quantitative estimate of drug-likeness (QED) is 0.447. The van der Waals surface area contributed by atoms with Gasteiger partial charge in [-0.3, -0.25) is 0 Å². The second-order valence-electron chi connectivity index (χ2n) is 7.38. The van der Waals surface area contributed by atoms with Gasteiger partial charge in [0.2, 0.25) is 0 Å². The van der Waals surface area contributed by atoms with E-state index in [1.165, 1.54) is 23.5 Å². The summed E-state index contributed by atoms with van der Waals surface area (Å²) >= 11 is 1.23. The van der Waals surface area contributed by atoms with Crippen molar-refractivity contribution < 1.29 is 12.8 Å². The zero-order valence-electron chi connectivity index (χ0n) is 16.1. The first-order valence-corrected chi connectivity index (χ1v) is 12.1. The lowest BCUT2D eigenvalue weighted by Gasteiger charge is -2.24. The van der Waals surface area contributed by atoms with Crippen molar-refractivity contribution in [1.29, 1.82) is 0 Å². The van der Waals surface area contributed by atoms with Crippen molar-refractivity contribution in [2.24, 2.45) is 0 Å². The standard InChI is InChI=1S/C22H20FN3O2S2/c23-17-11-9-16(10-12-17)15-25-19-6-2-1-5-18(19)24-22(25)20-7-3-13-26(20)30(27,28)21-8-4-14-29-21/h1-2,4-6,8-12,14,20H,3,7,13,15H2. The van der Waals surface area contributed by atoms with Crippen LogP contribution in [0.5, 0.6) is 0 Å². The molecule has 5 nitrogen and oxygen atoms in total. The molecule has 30 heavy (non-hydrogen) atoms. The van der Waals surface area contributed by atoms with E-state index in [2.05, 4.69) is 4.57 Å². The second kappa shape index (κ2) is 7.61. The maximum Gasteiger partial charge on any atom is 0.253 e. The number of thiophene rings is 1. The van der Waals surface area contributed by atoms with Crippen LogP contribution in [-0.2, 0) is 16.6 Å². The number of benzene rings is 2. The van der Waals surface area contributed by atoms with E-state index >= 15 is 0 Å². The van der Waals surface area contributed by atoms with E-state index in [1.54, 1.807) is 34.0 Å².